The highest BCUT2D eigenvalue weighted by molar-refractivity contribution is 7.17. The average molecular weight is 526 g/mol. The molecule has 1 unspecified atom stereocenters. The first-order chi connectivity index (χ1) is 18.4. The second-order valence-electron chi connectivity index (χ2n) is 11.0. The molecule has 3 aromatic heterocycles. The van der Waals surface area contributed by atoms with Crippen molar-refractivity contribution in [2.75, 3.05) is 20.1 Å². The van der Waals surface area contributed by atoms with Gasteiger partial charge in [0.1, 0.15) is 11.9 Å². The zero-order valence-corrected chi connectivity index (χ0v) is 22.2. The first-order valence-electron chi connectivity index (χ1n) is 13.0. The number of hydrogen-bond acceptors (Lipinski definition) is 5. The van der Waals surface area contributed by atoms with Gasteiger partial charge in [0, 0.05) is 46.6 Å². The molecule has 1 saturated carbocycles. The number of amides is 1. The molecule has 4 atom stereocenters. The van der Waals surface area contributed by atoms with Crippen LogP contribution in [0.5, 0.6) is 0 Å². The van der Waals surface area contributed by atoms with Crippen LogP contribution >= 0.6 is 11.3 Å². The number of nitrogens with zero attached hydrogens (tertiary/aromatic N) is 4. The second-order valence-corrected chi connectivity index (χ2v) is 12.0. The number of piperidine rings is 1. The van der Waals surface area contributed by atoms with Gasteiger partial charge in [-0.05, 0) is 73.0 Å². The summed E-state index contributed by atoms with van der Waals surface area (Å²) in [5, 5.41) is 6.33. The summed E-state index contributed by atoms with van der Waals surface area (Å²) in [5.41, 5.74) is 4.40. The number of benzene rings is 1. The van der Waals surface area contributed by atoms with Gasteiger partial charge in [0.25, 0.3) is 5.91 Å². The summed E-state index contributed by atoms with van der Waals surface area (Å²) < 4.78 is 17.3. The van der Waals surface area contributed by atoms with E-state index in [4.69, 9.17) is 0 Å². The number of rotatable bonds is 4. The Bertz CT molecular complexity index is 1650. The number of aryl methyl sites for hydroxylation is 1. The number of imidazole rings is 1. The van der Waals surface area contributed by atoms with E-state index < -0.39 is 12.2 Å². The summed E-state index contributed by atoms with van der Waals surface area (Å²) in [6, 6.07) is 11.4. The molecule has 1 saturated heterocycles. The molecule has 0 bridgehead atoms. The van der Waals surface area contributed by atoms with Gasteiger partial charge in [-0.15, -0.1) is 11.3 Å². The lowest BCUT2D eigenvalue weighted by atomic mass is 9.99. The molecule has 7 rings (SSSR count). The Morgan fingerprint density at radius 3 is 3.00 bits per heavy atom. The van der Waals surface area contributed by atoms with Crippen LogP contribution in [0.1, 0.15) is 51.2 Å². The highest BCUT2D eigenvalue weighted by atomic mass is 32.1. The van der Waals surface area contributed by atoms with Gasteiger partial charge >= 0.3 is 0 Å². The summed E-state index contributed by atoms with van der Waals surface area (Å²) in [5.74, 6) is 7.21. The summed E-state index contributed by atoms with van der Waals surface area (Å²) >= 11 is 1.67. The molecule has 4 aromatic rings. The summed E-state index contributed by atoms with van der Waals surface area (Å²) in [7, 11) is 2.14. The van der Waals surface area contributed by atoms with Crippen molar-refractivity contribution in [3.05, 3.63) is 82.0 Å². The number of alkyl halides is 1. The van der Waals surface area contributed by atoms with Crippen LogP contribution in [0, 0.1) is 30.1 Å². The van der Waals surface area contributed by atoms with Crippen molar-refractivity contribution >= 4 is 27.3 Å². The van der Waals surface area contributed by atoms with E-state index in [1.165, 1.54) is 4.70 Å². The lowest BCUT2D eigenvalue weighted by molar-refractivity contribution is 0.0937. The van der Waals surface area contributed by atoms with Crippen LogP contribution in [0.2, 0.25) is 0 Å². The van der Waals surface area contributed by atoms with Crippen molar-refractivity contribution < 1.29 is 9.18 Å². The van der Waals surface area contributed by atoms with Crippen molar-refractivity contribution in [2.24, 2.45) is 11.3 Å². The van der Waals surface area contributed by atoms with Crippen LogP contribution in [0.4, 0.5) is 4.39 Å². The van der Waals surface area contributed by atoms with Gasteiger partial charge in [-0.3, -0.25) is 4.79 Å². The molecule has 2 fully saturated rings. The minimum atomic E-state index is -0.938. The first-order valence-corrected chi connectivity index (χ1v) is 13.9. The van der Waals surface area contributed by atoms with Crippen LogP contribution in [0.15, 0.2) is 48.1 Å². The van der Waals surface area contributed by atoms with Crippen molar-refractivity contribution in [1.29, 1.82) is 0 Å². The van der Waals surface area contributed by atoms with E-state index in [1.54, 1.807) is 23.7 Å². The molecule has 1 aliphatic carbocycles. The Morgan fingerprint density at radius 1 is 1.26 bits per heavy atom. The third kappa shape index (κ3) is 4.11. The molecule has 6 nitrogen and oxygen atoms in total. The second kappa shape index (κ2) is 8.75. The summed E-state index contributed by atoms with van der Waals surface area (Å²) in [6.45, 7) is 4.30. The van der Waals surface area contributed by atoms with Crippen LogP contribution in [-0.2, 0) is 13.0 Å². The SMILES string of the molecule is Cc1cc(C#C[C@@]23C[C@@H]2CN(C)C3)cc(C(=O)NC(c2ccc3sccc3c2)c2ncn3c2C[C@@H](F)C3)n1. The van der Waals surface area contributed by atoms with E-state index in [0.29, 0.717) is 30.3 Å². The zero-order chi connectivity index (χ0) is 26.0. The molecular weight excluding hydrogens is 497 g/mol. The third-order valence-corrected chi connectivity index (χ3v) is 9.00. The van der Waals surface area contributed by atoms with Gasteiger partial charge in [-0.2, -0.15) is 0 Å². The van der Waals surface area contributed by atoms with Gasteiger partial charge in [0.05, 0.1) is 24.6 Å². The minimum absolute atomic E-state index is 0.107. The van der Waals surface area contributed by atoms with Gasteiger partial charge in [0.2, 0.25) is 0 Å². The Labute approximate surface area is 224 Å². The normalized spacial score (nSPS) is 24.5. The number of carbonyl (C=O) groups excluding carboxylic acids is 1. The highest BCUT2D eigenvalue weighted by Gasteiger charge is 2.58. The molecule has 192 valence electrons. The number of pyridine rings is 1. The number of carbonyl (C=O) groups is 1. The van der Waals surface area contributed by atoms with E-state index in [-0.39, 0.29) is 11.3 Å². The van der Waals surface area contributed by atoms with Crippen molar-refractivity contribution in [3.63, 3.8) is 0 Å². The maximum Gasteiger partial charge on any atom is 0.270 e. The molecule has 1 aromatic carbocycles. The van der Waals surface area contributed by atoms with Crippen molar-refractivity contribution in [3.8, 4) is 11.8 Å². The number of hydrogen-bond donors (Lipinski definition) is 1. The van der Waals surface area contributed by atoms with Crippen LogP contribution in [-0.4, -0.2) is 51.7 Å². The summed E-state index contributed by atoms with van der Waals surface area (Å²) in [4.78, 5) is 25.1. The number of thiophene rings is 1. The fourth-order valence-electron chi connectivity index (χ4n) is 6.19. The van der Waals surface area contributed by atoms with E-state index in [9.17, 15) is 9.18 Å². The van der Waals surface area contributed by atoms with Gasteiger partial charge in [-0.25, -0.2) is 14.4 Å². The van der Waals surface area contributed by atoms with Crippen LogP contribution in [0.25, 0.3) is 10.1 Å². The summed E-state index contributed by atoms with van der Waals surface area (Å²) in [6.07, 6.45) is 2.19. The maximum atomic E-state index is 14.3. The quantitative estimate of drug-likeness (QED) is 0.398. The number of halogens is 1. The fourth-order valence-corrected chi connectivity index (χ4v) is 6.96. The average Bonchev–Trinajstić information content (AvgIpc) is 3.35. The Balaban J connectivity index is 1.21. The highest BCUT2D eigenvalue weighted by Crippen LogP contribution is 2.56. The van der Waals surface area contributed by atoms with E-state index in [1.807, 2.05) is 23.6 Å². The van der Waals surface area contributed by atoms with Crippen molar-refractivity contribution in [2.45, 2.75) is 38.5 Å². The van der Waals surface area contributed by atoms with Crippen LogP contribution in [0.3, 0.4) is 0 Å². The molecule has 3 aliphatic rings. The lowest BCUT2D eigenvalue weighted by Gasteiger charge is -2.19. The van der Waals surface area contributed by atoms with Gasteiger partial charge in [-0.1, -0.05) is 17.9 Å². The van der Waals surface area contributed by atoms with Gasteiger partial charge < -0.3 is 14.8 Å². The third-order valence-electron chi connectivity index (χ3n) is 8.10. The van der Waals surface area contributed by atoms with Crippen LogP contribution < -0.4 is 5.32 Å². The van der Waals surface area contributed by atoms with E-state index in [2.05, 4.69) is 62.7 Å². The molecule has 38 heavy (non-hydrogen) atoms. The first kappa shape index (κ1) is 23.6. The Kier molecular flexibility index (Phi) is 5.43. The topological polar surface area (TPSA) is 63.1 Å². The molecule has 1 N–H and O–H groups in total. The lowest BCUT2D eigenvalue weighted by Crippen LogP contribution is -2.31. The standard InChI is InChI=1S/C30H28FN5OS/c1-18-9-19(5-7-30-13-22(30)14-35(2)16-30)10-24(33-18)29(37)34-27(21-3-4-26-20(11-21)6-8-38-26)28-25-12-23(31)15-36(25)17-32-28/h3-4,6,8-11,17,22-23,27H,12-16H2,1-2H3,(H,34,37)/t22-,23-,27?,30+/m1/s1. The molecule has 0 radical (unpaired) electrons. The van der Waals surface area contributed by atoms with Crippen molar-refractivity contribution in [1.82, 2.24) is 24.8 Å². The molecule has 5 heterocycles. The predicted octanol–water partition coefficient (Wildman–Crippen LogP) is 4.52. The molecule has 8 heteroatoms. The van der Waals surface area contributed by atoms with E-state index in [0.717, 1.165) is 47.4 Å². The number of likely N-dealkylation sites (tertiary alicyclic amines) is 1. The number of nitrogens with one attached hydrogen (secondary N) is 1. The van der Waals surface area contributed by atoms with E-state index >= 15 is 0 Å². The molecule has 1 amide bonds. The number of aromatic nitrogens is 3. The Hall–Kier alpha value is -3.54. The maximum absolute atomic E-state index is 14.3. The minimum Gasteiger partial charge on any atom is -0.338 e. The largest absolute Gasteiger partial charge is 0.338 e. The fraction of sp³-hybridized carbons (Fsp3) is 0.367. The number of fused-ring (bicyclic) bond motifs is 3. The monoisotopic (exact) mass is 525 g/mol. The molecular formula is C30H28FN5OS. The molecule has 0 spiro atoms. The van der Waals surface area contributed by atoms with Gasteiger partial charge in [0.15, 0.2) is 0 Å². The predicted molar refractivity (Wildman–Crippen MR) is 146 cm³/mol. The molecule has 2 aliphatic heterocycles. The Morgan fingerprint density at radius 2 is 2.16 bits per heavy atom. The zero-order valence-electron chi connectivity index (χ0n) is 21.4. The smallest absolute Gasteiger partial charge is 0.270 e.